The van der Waals surface area contributed by atoms with Gasteiger partial charge in [-0.05, 0) is 58.7 Å². The number of nitrogens with one attached hydrogen (secondary N) is 3. The SMILES string of the molecule is CNc1cc(O)c(-c2ccc(N(C)C3CC(C)(C)NC(C)(C)C3)nn2)cc1C=N. The van der Waals surface area contributed by atoms with Gasteiger partial charge in [0.05, 0.1) is 5.69 Å². The molecule has 156 valence electrons. The average molecular weight is 397 g/mol. The van der Waals surface area contributed by atoms with Gasteiger partial charge in [-0.25, -0.2) is 0 Å². The molecule has 3 rings (SSSR count). The lowest BCUT2D eigenvalue weighted by Gasteiger charge is -2.49. The molecule has 0 atom stereocenters. The van der Waals surface area contributed by atoms with Gasteiger partial charge in [-0.15, -0.1) is 10.2 Å². The topological polar surface area (TPSA) is 97.2 Å². The first-order chi connectivity index (χ1) is 13.5. The molecule has 2 aromatic rings. The highest BCUT2D eigenvalue weighted by molar-refractivity contribution is 5.90. The van der Waals surface area contributed by atoms with E-state index in [0.717, 1.165) is 18.7 Å². The predicted octanol–water partition coefficient (Wildman–Crippen LogP) is 3.63. The lowest BCUT2D eigenvalue weighted by Crippen LogP contribution is -2.62. The van der Waals surface area contributed by atoms with Crippen LogP contribution < -0.4 is 15.5 Å². The fourth-order valence-corrected chi connectivity index (χ4v) is 4.53. The zero-order chi connectivity index (χ0) is 21.4. The number of hydrogen-bond donors (Lipinski definition) is 4. The Morgan fingerprint density at radius 3 is 2.34 bits per heavy atom. The van der Waals surface area contributed by atoms with Crippen molar-refractivity contribution in [3.63, 3.8) is 0 Å². The van der Waals surface area contributed by atoms with Crippen LogP contribution in [0.15, 0.2) is 24.3 Å². The van der Waals surface area contributed by atoms with Crippen molar-refractivity contribution in [1.29, 1.82) is 5.41 Å². The lowest BCUT2D eigenvalue weighted by molar-refractivity contribution is 0.160. The van der Waals surface area contributed by atoms with Gasteiger partial charge in [0, 0.05) is 60.3 Å². The maximum absolute atomic E-state index is 10.4. The number of hydrogen-bond acceptors (Lipinski definition) is 7. The van der Waals surface area contributed by atoms with E-state index in [1.165, 1.54) is 6.21 Å². The second-order valence-corrected chi connectivity index (χ2v) is 9.19. The Balaban J connectivity index is 1.86. The first-order valence-electron chi connectivity index (χ1n) is 9.97. The summed E-state index contributed by atoms with van der Waals surface area (Å²) in [7, 11) is 3.83. The van der Waals surface area contributed by atoms with E-state index in [1.54, 1.807) is 19.2 Å². The highest BCUT2D eigenvalue weighted by atomic mass is 16.3. The van der Waals surface area contributed by atoms with E-state index in [0.29, 0.717) is 28.6 Å². The summed E-state index contributed by atoms with van der Waals surface area (Å²) in [6, 6.07) is 7.53. The second-order valence-electron chi connectivity index (χ2n) is 9.19. The van der Waals surface area contributed by atoms with Crippen molar-refractivity contribution < 1.29 is 5.11 Å². The summed E-state index contributed by atoms with van der Waals surface area (Å²) in [6.45, 7) is 8.95. The number of anilines is 2. The van der Waals surface area contributed by atoms with E-state index in [4.69, 9.17) is 5.41 Å². The van der Waals surface area contributed by atoms with E-state index < -0.39 is 0 Å². The minimum Gasteiger partial charge on any atom is -0.507 e. The molecule has 0 unspecified atom stereocenters. The van der Waals surface area contributed by atoms with Crippen molar-refractivity contribution in [2.45, 2.75) is 57.7 Å². The van der Waals surface area contributed by atoms with Crippen LogP contribution >= 0.6 is 0 Å². The summed E-state index contributed by atoms with van der Waals surface area (Å²) < 4.78 is 0. The third kappa shape index (κ3) is 4.50. The molecular weight excluding hydrogens is 364 g/mol. The summed E-state index contributed by atoms with van der Waals surface area (Å²) in [5.41, 5.74) is 2.63. The van der Waals surface area contributed by atoms with Gasteiger partial charge in [0.1, 0.15) is 5.75 Å². The zero-order valence-electron chi connectivity index (χ0n) is 18.2. The number of aromatic hydroxyl groups is 1. The molecule has 29 heavy (non-hydrogen) atoms. The van der Waals surface area contributed by atoms with Crippen molar-refractivity contribution in [1.82, 2.24) is 15.5 Å². The third-order valence-corrected chi connectivity index (χ3v) is 5.60. The first-order valence-corrected chi connectivity index (χ1v) is 9.97. The monoisotopic (exact) mass is 396 g/mol. The van der Waals surface area contributed by atoms with Crippen molar-refractivity contribution in [3.05, 3.63) is 29.8 Å². The molecule has 1 aliphatic heterocycles. The number of aromatic nitrogens is 2. The van der Waals surface area contributed by atoms with Crippen LogP contribution in [0.5, 0.6) is 5.75 Å². The number of rotatable bonds is 5. The molecule has 7 heteroatoms. The summed E-state index contributed by atoms with van der Waals surface area (Å²) in [5, 5.41) is 33.5. The Morgan fingerprint density at radius 1 is 1.17 bits per heavy atom. The lowest BCUT2D eigenvalue weighted by atomic mass is 9.79. The fraction of sp³-hybridized carbons (Fsp3) is 0.500. The standard InChI is InChI=1S/C22H32N6O/c1-21(2)11-15(12-22(3,4)27-21)28(6)20-8-7-17(25-26-20)16-9-14(13-23)18(24-5)10-19(16)29/h7-10,13,15,23-24,27,29H,11-12H2,1-6H3. The maximum Gasteiger partial charge on any atom is 0.151 e. The maximum atomic E-state index is 10.4. The highest BCUT2D eigenvalue weighted by Crippen LogP contribution is 2.35. The molecule has 2 heterocycles. The molecule has 0 aliphatic carbocycles. The summed E-state index contributed by atoms with van der Waals surface area (Å²) in [4.78, 5) is 2.20. The van der Waals surface area contributed by atoms with Gasteiger partial charge in [-0.1, -0.05) is 0 Å². The molecule has 0 spiro atoms. The molecule has 7 nitrogen and oxygen atoms in total. The second kappa shape index (κ2) is 7.63. The van der Waals surface area contributed by atoms with Gasteiger partial charge >= 0.3 is 0 Å². The van der Waals surface area contributed by atoms with Crippen LogP contribution in [0.1, 0.15) is 46.1 Å². The summed E-state index contributed by atoms with van der Waals surface area (Å²) in [6.07, 6.45) is 3.29. The summed E-state index contributed by atoms with van der Waals surface area (Å²) >= 11 is 0. The Morgan fingerprint density at radius 2 is 1.83 bits per heavy atom. The van der Waals surface area contributed by atoms with E-state index >= 15 is 0 Å². The van der Waals surface area contributed by atoms with Crippen LogP contribution in [0, 0.1) is 5.41 Å². The van der Waals surface area contributed by atoms with Crippen LogP contribution in [-0.2, 0) is 0 Å². The Hall–Kier alpha value is -2.67. The van der Waals surface area contributed by atoms with E-state index in [9.17, 15) is 5.11 Å². The van der Waals surface area contributed by atoms with Crippen LogP contribution in [-0.4, -0.2) is 52.7 Å². The highest BCUT2D eigenvalue weighted by Gasteiger charge is 2.39. The number of phenols is 1. The van der Waals surface area contributed by atoms with Gasteiger partial charge in [0.15, 0.2) is 5.82 Å². The van der Waals surface area contributed by atoms with Gasteiger partial charge in [0.25, 0.3) is 0 Å². The van der Waals surface area contributed by atoms with Crippen molar-refractivity contribution >= 4 is 17.7 Å². The molecule has 0 bridgehead atoms. The van der Waals surface area contributed by atoms with Crippen LogP contribution in [0.3, 0.4) is 0 Å². The average Bonchev–Trinajstić information content (AvgIpc) is 2.65. The van der Waals surface area contributed by atoms with Gasteiger partial charge in [0.2, 0.25) is 0 Å². The molecule has 4 N–H and O–H groups in total. The Kier molecular flexibility index (Phi) is 5.54. The van der Waals surface area contributed by atoms with Crippen molar-refractivity contribution in [2.24, 2.45) is 0 Å². The largest absolute Gasteiger partial charge is 0.507 e. The van der Waals surface area contributed by atoms with Crippen molar-refractivity contribution in [3.8, 4) is 17.0 Å². The molecule has 1 aliphatic rings. The van der Waals surface area contributed by atoms with Crippen LogP contribution in [0.25, 0.3) is 11.3 Å². The Bertz CT molecular complexity index is 875. The molecule has 0 saturated carbocycles. The summed E-state index contributed by atoms with van der Waals surface area (Å²) in [5.74, 6) is 0.920. The number of piperidine rings is 1. The predicted molar refractivity (Wildman–Crippen MR) is 119 cm³/mol. The minimum absolute atomic E-state index is 0.0536. The number of phenolic OH excluding ortho intramolecular Hbond substituents is 1. The third-order valence-electron chi connectivity index (χ3n) is 5.60. The minimum atomic E-state index is 0.0536. The molecule has 0 amide bonds. The fourth-order valence-electron chi connectivity index (χ4n) is 4.53. The Labute approximate surface area is 173 Å². The van der Waals surface area contributed by atoms with Crippen LogP contribution in [0.2, 0.25) is 0 Å². The van der Waals surface area contributed by atoms with E-state index in [1.807, 2.05) is 12.1 Å². The number of nitrogens with zero attached hydrogens (tertiary/aromatic N) is 3. The van der Waals surface area contributed by atoms with Gasteiger partial charge in [-0.3, -0.25) is 0 Å². The molecule has 1 aromatic heterocycles. The molecule has 1 aromatic carbocycles. The molecular formula is C22H32N6O. The molecule has 1 saturated heterocycles. The molecule has 1 fully saturated rings. The van der Waals surface area contributed by atoms with Gasteiger partial charge < -0.3 is 26.0 Å². The first kappa shape index (κ1) is 21.0. The van der Waals surface area contributed by atoms with Crippen molar-refractivity contribution in [2.75, 3.05) is 24.3 Å². The van der Waals surface area contributed by atoms with E-state index in [2.05, 4.69) is 60.5 Å². The smallest absolute Gasteiger partial charge is 0.151 e. The number of benzene rings is 1. The van der Waals surface area contributed by atoms with E-state index in [-0.39, 0.29) is 16.8 Å². The normalized spacial score (nSPS) is 18.3. The quantitative estimate of drug-likeness (QED) is 0.576. The molecule has 0 radical (unpaired) electrons. The van der Waals surface area contributed by atoms with Crippen LogP contribution in [0.4, 0.5) is 11.5 Å². The zero-order valence-corrected chi connectivity index (χ0v) is 18.2. The van der Waals surface area contributed by atoms with Gasteiger partial charge in [-0.2, -0.15) is 0 Å².